The smallest absolute Gasteiger partial charge is 0.239 e. The molecule has 4 N–H and O–H groups in total. The molecule has 31 heavy (non-hydrogen) atoms. The van der Waals surface area contributed by atoms with Crippen molar-refractivity contribution >= 4 is 22.5 Å². The Hall–Kier alpha value is -2.87. The maximum absolute atomic E-state index is 12.2. The molecule has 0 bridgehead atoms. The number of ether oxygens (including phenoxy) is 1. The van der Waals surface area contributed by atoms with E-state index in [0.29, 0.717) is 6.04 Å². The van der Waals surface area contributed by atoms with Crippen molar-refractivity contribution in [1.82, 2.24) is 9.88 Å². The number of amides is 1. The minimum Gasteiger partial charge on any atom is -0.388 e. The van der Waals surface area contributed by atoms with Crippen LogP contribution in [0.5, 0.6) is 0 Å². The van der Waals surface area contributed by atoms with Crippen LogP contribution in [0.1, 0.15) is 26.0 Å². The van der Waals surface area contributed by atoms with Gasteiger partial charge in [-0.1, -0.05) is 36.4 Å². The molecule has 7 nitrogen and oxygen atoms in total. The summed E-state index contributed by atoms with van der Waals surface area (Å²) in [5.74, 6) is -0.0216. The zero-order valence-corrected chi connectivity index (χ0v) is 17.4. The zero-order chi connectivity index (χ0) is 21.5. The maximum atomic E-state index is 12.2. The first-order valence-corrected chi connectivity index (χ1v) is 10.8. The second-order valence-electron chi connectivity index (χ2n) is 8.42. The average Bonchev–Trinajstić information content (AvgIpc) is 3.46. The lowest BCUT2D eigenvalue weighted by molar-refractivity contribution is -0.119. The maximum Gasteiger partial charge on any atom is 0.239 e. The van der Waals surface area contributed by atoms with Crippen LogP contribution in [-0.4, -0.2) is 51.6 Å². The summed E-state index contributed by atoms with van der Waals surface area (Å²) in [6.07, 6.45) is 0.912. The van der Waals surface area contributed by atoms with Gasteiger partial charge in [-0.15, -0.1) is 0 Å². The van der Waals surface area contributed by atoms with Crippen LogP contribution in [-0.2, 0) is 9.53 Å². The van der Waals surface area contributed by atoms with Gasteiger partial charge in [0.1, 0.15) is 12.2 Å². The molecule has 7 heteroatoms. The van der Waals surface area contributed by atoms with Gasteiger partial charge in [0, 0.05) is 28.9 Å². The van der Waals surface area contributed by atoms with E-state index in [1.54, 1.807) is 6.92 Å². The summed E-state index contributed by atoms with van der Waals surface area (Å²) in [5, 5.41) is 28.0. The van der Waals surface area contributed by atoms with Gasteiger partial charge in [0.15, 0.2) is 6.23 Å². The highest BCUT2D eigenvalue weighted by atomic mass is 16.6. The quantitative estimate of drug-likeness (QED) is 0.491. The molecule has 162 valence electrons. The number of aliphatic hydroxyl groups is 2. The third kappa shape index (κ3) is 3.80. The summed E-state index contributed by atoms with van der Waals surface area (Å²) in [6, 6.07) is 16.1. The molecule has 4 atom stereocenters. The fraction of sp³-hybridized carbons (Fsp3) is 0.375. The summed E-state index contributed by atoms with van der Waals surface area (Å²) < 4.78 is 7.78. The molecular formula is C24H27N3O4. The molecule has 1 aliphatic carbocycles. The highest BCUT2D eigenvalue weighted by molar-refractivity contribution is 6.05. The van der Waals surface area contributed by atoms with Crippen molar-refractivity contribution in [2.75, 3.05) is 11.9 Å². The molecule has 5 rings (SSSR count). The number of hydrogen-bond donors (Lipinski definition) is 4. The van der Waals surface area contributed by atoms with Crippen LogP contribution in [0.4, 0.5) is 5.69 Å². The van der Waals surface area contributed by atoms with Gasteiger partial charge in [-0.3, -0.25) is 4.79 Å². The van der Waals surface area contributed by atoms with E-state index in [4.69, 9.17) is 4.74 Å². The Balaban J connectivity index is 1.57. The molecule has 2 aromatic carbocycles. The highest BCUT2D eigenvalue weighted by Crippen LogP contribution is 2.40. The van der Waals surface area contributed by atoms with Crippen LogP contribution in [0.25, 0.3) is 22.0 Å². The number of fused-ring (bicyclic) bond motifs is 1. The van der Waals surface area contributed by atoms with Gasteiger partial charge in [0.25, 0.3) is 0 Å². The van der Waals surface area contributed by atoms with E-state index in [1.165, 1.54) is 0 Å². The van der Waals surface area contributed by atoms with Crippen LogP contribution in [0.3, 0.4) is 0 Å². The zero-order valence-electron chi connectivity index (χ0n) is 17.4. The predicted molar refractivity (Wildman–Crippen MR) is 119 cm³/mol. The summed E-state index contributed by atoms with van der Waals surface area (Å²) in [6.45, 7) is 1.94. The number of aliphatic hydroxyl groups excluding tert-OH is 2. The molecule has 2 aliphatic rings. The fourth-order valence-corrected chi connectivity index (χ4v) is 4.25. The molecule has 1 saturated heterocycles. The minimum atomic E-state index is -1.03. The van der Waals surface area contributed by atoms with Crippen molar-refractivity contribution in [3.8, 4) is 11.1 Å². The van der Waals surface area contributed by atoms with E-state index in [9.17, 15) is 15.0 Å². The first-order chi connectivity index (χ1) is 15.0. The summed E-state index contributed by atoms with van der Waals surface area (Å²) in [5.41, 5.74) is 3.68. The number of anilines is 1. The van der Waals surface area contributed by atoms with Gasteiger partial charge in [-0.2, -0.15) is 0 Å². The standard InChI is InChI=1S/C24H27N3O4/c1-14-22(29)23(30)24(31-14)27-13-17(15-6-3-2-4-7-15)21-18(8-5-9-19(21)27)25-12-20(28)26-16-10-11-16/h2-9,13-14,16,22-25,29-30H,10-12H2,1H3,(H,26,28)/t14-,22-,23-,24-/m1/s1. The Morgan fingerprint density at radius 2 is 1.87 bits per heavy atom. The van der Waals surface area contributed by atoms with Crippen LogP contribution in [0.15, 0.2) is 54.7 Å². The van der Waals surface area contributed by atoms with E-state index >= 15 is 0 Å². The van der Waals surface area contributed by atoms with Crippen molar-refractivity contribution in [3.63, 3.8) is 0 Å². The average molecular weight is 421 g/mol. The lowest BCUT2D eigenvalue weighted by Crippen LogP contribution is -2.31. The third-order valence-corrected chi connectivity index (χ3v) is 6.08. The van der Waals surface area contributed by atoms with Crippen LogP contribution in [0.2, 0.25) is 0 Å². The van der Waals surface area contributed by atoms with Gasteiger partial charge in [-0.25, -0.2) is 0 Å². The number of nitrogens with one attached hydrogen (secondary N) is 2. The Bertz CT molecular complexity index is 1090. The molecule has 0 unspecified atom stereocenters. The van der Waals surface area contributed by atoms with Crippen molar-refractivity contribution in [1.29, 1.82) is 0 Å². The molecule has 1 aliphatic heterocycles. The summed E-state index contributed by atoms with van der Waals surface area (Å²) in [7, 11) is 0. The van der Waals surface area contributed by atoms with Crippen molar-refractivity contribution in [2.45, 2.75) is 50.3 Å². The highest BCUT2D eigenvalue weighted by Gasteiger charge is 2.42. The van der Waals surface area contributed by atoms with Crippen LogP contribution >= 0.6 is 0 Å². The lowest BCUT2D eigenvalue weighted by Gasteiger charge is -2.18. The lowest BCUT2D eigenvalue weighted by atomic mass is 10.0. The third-order valence-electron chi connectivity index (χ3n) is 6.08. The summed E-state index contributed by atoms with van der Waals surface area (Å²) in [4.78, 5) is 12.2. The van der Waals surface area contributed by atoms with E-state index in [2.05, 4.69) is 10.6 Å². The van der Waals surface area contributed by atoms with E-state index < -0.39 is 24.5 Å². The number of benzene rings is 2. The number of aromatic nitrogens is 1. The number of rotatable bonds is 6. The molecule has 1 aromatic heterocycles. The topological polar surface area (TPSA) is 95.8 Å². The second kappa shape index (κ2) is 8.00. The van der Waals surface area contributed by atoms with Gasteiger partial charge >= 0.3 is 0 Å². The van der Waals surface area contributed by atoms with Gasteiger partial charge < -0.3 is 30.2 Å². The first kappa shape index (κ1) is 20.1. The SMILES string of the molecule is C[C@H]1O[C@@H](n2cc(-c3ccccc3)c3c(NCC(=O)NC4CC4)cccc32)[C@H](O)[C@@H]1O. The molecule has 0 spiro atoms. The Labute approximate surface area is 180 Å². The molecule has 3 aromatic rings. The molecular weight excluding hydrogens is 394 g/mol. The number of nitrogens with zero attached hydrogens (tertiary/aromatic N) is 1. The van der Waals surface area contributed by atoms with E-state index in [0.717, 1.165) is 40.6 Å². The largest absolute Gasteiger partial charge is 0.388 e. The van der Waals surface area contributed by atoms with Crippen molar-refractivity contribution in [3.05, 3.63) is 54.7 Å². The predicted octanol–water partition coefficient (Wildman–Crippen LogP) is 2.64. The second-order valence-corrected chi connectivity index (χ2v) is 8.42. The molecule has 2 fully saturated rings. The van der Waals surface area contributed by atoms with Gasteiger partial charge in [0.2, 0.25) is 5.91 Å². The first-order valence-electron chi connectivity index (χ1n) is 10.8. The molecule has 1 amide bonds. The Kier molecular flexibility index (Phi) is 5.17. The molecule has 1 saturated carbocycles. The van der Waals surface area contributed by atoms with Gasteiger partial charge in [-0.05, 0) is 37.5 Å². The minimum absolute atomic E-state index is 0.0216. The van der Waals surface area contributed by atoms with Crippen LogP contribution < -0.4 is 10.6 Å². The van der Waals surface area contributed by atoms with Crippen LogP contribution in [0, 0.1) is 0 Å². The Morgan fingerprint density at radius 3 is 2.55 bits per heavy atom. The van der Waals surface area contributed by atoms with E-state index in [-0.39, 0.29) is 12.5 Å². The van der Waals surface area contributed by atoms with Crippen molar-refractivity contribution < 1.29 is 19.7 Å². The number of carbonyl (C=O) groups is 1. The normalized spacial score (nSPS) is 25.6. The van der Waals surface area contributed by atoms with Crippen molar-refractivity contribution in [2.24, 2.45) is 0 Å². The fourth-order valence-electron chi connectivity index (χ4n) is 4.25. The summed E-state index contributed by atoms with van der Waals surface area (Å²) >= 11 is 0. The van der Waals surface area contributed by atoms with E-state index in [1.807, 2.05) is 59.3 Å². The monoisotopic (exact) mass is 421 g/mol. The molecule has 0 radical (unpaired) electrons. The molecule has 2 heterocycles. The number of hydrogen-bond acceptors (Lipinski definition) is 5. The Morgan fingerprint density at radius 1 is 1.10 bits per heavy atom. The number of carbonyl (C=O) groups excluding carboxylic acids is 1. The van der Waals surface area contributed by atoms with Gasteiger partial charge in [0.05, 0.1) is 18.2 Å².